The highest BCUT2D eigenvalue weighted by Gasteiger charge is 2.38. The second-order valence-corrected chi connectivity index (χ2v) is 6.83. The summed E-state index contributed by atoms with van der Waals surface area (Å²) in [5.41, 5.74) is 1.94. The highest BCUT2D eigenvalue weighted by atomic mass is 32.1. The number of nitro benzene ring substituents is 1. The Morgan fingerprint density at radius 2 is 2.00 bits per heavy atom. The fourth-order valence-corrected chi connectivity index (χ4v) is 3.66. The minimum Gasteiger partial charge on any atom is -0.360 e. The number of nitrogens with zero attached hydrogens (tertiary/aromatic N) is 3. The fraction of sp³-hybridized carbons (Fsp3) is 0.111. The number of pyridine rings is 1. The van der Waals surface area contributed by atoms with E-state index in [1.807, 2.05) is 17.5 Å². The van der Waals surface area contributed by atoms with Crippen LogP contribution in [0.3, 0.4) is 0 Å². The summed E-state index contributed by atoms with van der Waals surface area (Å²) >= 11 is 1.59. The Morgan fingerprint density at radius 3 is 2.69 bits per heavy atom. The lowest BCUT2D eigenvalue weighted by atomic mass is 10.2. The van der Waals surface area contributed by atoms with E-state index in [2.05, 4.69) is 10.3 Å². The number of carbonyl (C=O) groups excluding carboxylic acids is 1. The van der Waals surface area contributed by atoms with E-state index in [4.69, 9.17) is 0 Å². The molecule has 0 aliphatic carbocycles. The largest absolute Gasteiger partial charge is 0.360 e. The molecule has 3 heterocycles. The number of fused-ring (bicyclic) bond motifs is 1. The predicted molar refractivity (Wildman–Crippen MR) is 97.9 cm³/mol. The van der Waals surface area contributed by atoms with Gasteiger partial charge in [0.25, 0.3) is 11.6 Å². The average Bonchev–Trinajstić information content (AvgIpc) is 3.25. The van der Waals surface area contributed by atoms with Crippen LogP contribution in [0.25, 0.3) is 0 Å². The normalized spacial score (nSPS) is 15.8. The Hall–Kier alpha value is -3.26. The Morgan fingerprint density at radius 1 is 1.19 bits per heavy atom. The number of carbonyl (C=O) groups is 1. The van der Waals surface area contributed by atoms with E-state index in [1.165, 1.54) is 12.1 Å². The van der Waals surface area contributed by atoms with Gasteiger partial charge in [0.1, 0.15) is 6.17 Å². The van der Waals surface area contributed by atoms with E-state index >= 15 is 0 Å². The SMILES string of the molecule is O=C1c2cccnc2[C@@H](Nc2ccc([N+](=O)[O-])cc2)N1Cc1cccs1. The molecule has 0 fully saturated rings. The zero-order chi connectivity index (χ0) is 18.1. The maximum atomic E-state index is 12.8. The lowest BCUT2D eigenvalue weighted by Crippen LogP contribution is -2.31. The Labute approximate surface area is 153 Å². The molecule has 4 rings (SSSR count). The maximum absolute atomic E-state index is 12.8. The highest BCUT2D eigenvalue weighted by Crippen LogP contribution is 2.34. The molecule has 0 saturated carbocycles. The third-order valence-electron chi connectivity index (χ3n) is 4.19. The number of nitro groups is 1. The Bertz CT molecular complexity index is 957. The van der Waals surface area contributed by atoms with Gasteiger partial charge < -0.3 is 10.2 Å². The minimum absolute atomic E-state index is 0.0204. The van der Waals surface area contributed by atoms with Gasteiger partial charge in [-0.1, -0.05) is 6.07 Å². The van der Waals surface area contributed by atoms with Crippen molar-refractivity contribution in [2.24, 2.45) is 0 Å². The van der Waals surface area contributed by atoms with Gasteiger partial charge in [-0.2, -0.15) is 0 Å². The number of aromatic nitrogens is 1. The summed E-state index contributed by atoms with van der Waals surface area (Å²) < 4.78 is 0. The molecule has 1 atom stereocenters. The molecule has 130 valence electrons. The van der Waals surface area contributed by atoms with Crippen molar-refractivity contribution in [3.05, 3.63) is 86.4 Å². The molecule has 0 spiro atoms. The monoisotopic (exact) mass is 366 g/mol. The standard InChI is InChI=1S/C18H14N4O3S/c23-18-15-4-1-9-19-16(15)17(21(18)11-14-3-2-10-26-14)20-12-5-7-13(8-6-12)22(24)25/h1-10,17,20H,11H2/t17-/m0/s1. The number of amides is 1. The maximum Gasteiger partial charge on any atom is 0.269 e. The smallest absolute Gasteiger partial charge is 0.269 e. The fourth-order valence-electron chi connectivity index (χ4n) is 2.95. The van der Waals surface area contributed by atoms with Crippen LogP contribution in [0, 0.1) is 10.1 Å². The summed E-state index contributed by atoms with van der Waals surface area (Å²) in [6, 6.07) is 13.6. The number of rotatable bonds is 5. The number of thiophene rings is 1. The molecule has 7 nitrogen and oxygen atoms in total. The zero-order valence-electron chi connectivity index (χ0n) is 13.5. The zero-order valence-corrected chi connectivity index (χ0v) is 14.3. The van der Waals surface area contributed by atoms with E-state index in [0.717, 1.165) is 4.88 Å². The van der Waals surface area contributed by atoms with Crippen LogP contribution in [0.4, 0.5) is 11.4 Å². The van der Waals surface area contributed by atoms with E-state index in [0.29, 0.717) is 23.5 Å². The van der Waals surface area contributed by atoms with E-state index in [9.17, 15) is 14.9 Å². The first-order chi connectivity index (χ1) is 12.6. The third-order valence-corrected chi connectivity index (χ3v) is 5.05. The molecule has 8 heteroatoms. The summed E-state index contributed by atoms with van der Waals surface area (Å²) in [5.74, 6) is -0.0825. The summed E-state index contributed by atoms with van der Waals surface area (Å²) in [6.07, 6.45) is 1.23. The average molecular weight is 366 g/mol. The molecule has 1 amide bonds. The summed E-state index contributed by atoms with van der Waals surface area (Å²) in [5, 5.41) is 16.1. The molecule has 2 aromatic heterocycles. The van der Waals surface area contributed by atoms with Gasteiger partial charge in [-0.05, 0) is 35.7 Å². The highest BCUT2D eigenvalue weighted by molar-refractivity contribution is 7.09. The van der Waals surface area contributed by atoms with Gasteiger partial charge >= 0.3 is 0 Å². The molecule has 1 aromatic carbocycles. The molecule has 3 aromatic rings. The van der Waals surface area contributed by atoms with Gasteiger partial charge in [0, 0.05) is 28.9 Å². The van der Waals surface area contributed by atoms with Gasteiger partial charge in [-0.15, -0.1) is 11.3 Å². The van der Waals surface area contributed by atoms with Gasteiger partial charge in [0.2, 0.25) is 0 Å². The van der Waals surface area contributed by atoms with Gasteiger partial charge in [0.15, 0.2) is 0 Å². The third kappa shape index (κ3) is 2.91. The lowest BCUT2D eigenvalue weighted by Gasteiger charge is -2.26. The Kier molecular flexibility index (Phi) is 4.10. The number of hydrogen-bond acceptors (Lipinski definition) is 6. The van der Waals surface area contributed by atoms with Crippen LogP contribution in [0.5, 0.6) is 0 Å². The van der Waals surface area contributed by atoms with Crippen molar-refractivity contribution in [3.63, 3.8) is 0 Å². The van der Waals surface area contributed by atoms with E-state index < -0.39 is 11.1 Å². The van der Waals surface area contributed by atoms with Crippen LogP contribution in [-0.2, 0) is 6.54 Å². The van der Waals surface area contributed by atoms with Crippen molar-refractivity contribution >= 4 is 28.6 Å². The quantitative estimate of drug-likeness (QED) is 0.548. The molecule has 0 radical (unpaired) electrons. The summed E-state index contributed by atoms with van der Waals surface area (Å²) in [6.45, 7) is 0.470. The molecule has 0 saturated heterocycles. The van der Waals surface area contributed by atoms with Crippen molar-refractivity contribution in [2.75, 3.05) is 5.32 Å². The van der Waals surface area contributed by atoms with Crippen molar-refractivity contribution in [1.29, 1.82) is 0 Å². The molecular weight excluding hydrogens is 352 g/mol. The van der Waals surface area contributed by atoms with E-state index in [-0.39, 0.29) is 11.6 Å². The van der Waals surface area contributed by atoms with Crippen LogP contribution >= 0.6 is 11.3 Å². The summed E-state index contributed by atoms with van der Waals surface area (Å²) in [4.78, 5) is 30.4. The topological polar surface area (TPSA) is 88.4 Å². The first kappa shape index (κ1) is 16.2. The van der Waals surface area contributed by atoms with Crippen LogP contribution < -0.4 is 5.32 Å². The van der Waals surface area contributed by atoms with Crippen molar-refractivity contribution in [2.45, 2.75) is 12.7 Å². The van der Waals surface area contributed by atoms with Crippen LogP contribution in [0.1, 0.15) is 27.1 Å². The minimum atomic E-state index is -0.442. The van der Waals surface area contributed by atoms with Gasteiger partial charge in [0.05, 0.1) is 22.7 Å². The van der Waals surface area contributed by atoms with Crippen molar-refractivity contribution < 1.29 is 9.72 Å². The second-order valence-electron chi connectivity index (χ2n) is 5.80. The molecule has 0 bridgehead atoms. The van der Waals surface area contributed by atoms with Crippen molar-refractivity contribution in [1.82, 2.24) is 9.88 Å². The first-order valence-corrected chi connectivity index (χ1v) is 8.81. The number of benzene rings is 1. The van der Waals surface area contributed by atoms with Crippen molar-refractivity contribution in [3.8, 4) is 0 Å². The lowest BCUT2D eigenvalue weighted by molar-refractivity contribution is -0.384. The molecule has 26 heavy (non-hydrogen) atoms. The van der Waals surface area contributed by atoms with Crippen LogP contribution in [0.2, 0.25) is 0 Å². The molecule has 1 aliphatic rings. The number of non-ortho nitro benzene ring substituents is 1. The van der Waals surface area contributed by atoms with Gasteiger partial charge in [-0.25, -0.2) is 0 Å². The molecule has 0 unspecified atom stereocenters. The molecule has 1 aliphatic heterocycles. The number of hydrogen-bond donors (Lipinski definition) is 1. The first-order valence-electron chi connectivity index (χ1n) is 7.93. The summed E-state index contributed by atoms with van der Waals surface area (Å²) in [7, 11) is 0. The van der Waals surface area contributed by atoms with Crippen LogP contribution in [-0.4, -0.2) is 20.7 Å². The van der Waals surface area contributed by atoms with Gasteiger partial charge in [-0.3, -0.25) is 19.9 Å². The Balaban J connectivity index is 1.65. The number of anilines is 1. The molecular formula is C18H14N4O3S. The predicted octanol–water partition coefficient (Wildman–Crippen LogP) is 3.82. The second kappa shape index (κ2) is 6.57. The number of nitrogens with one attached hydrogen (secondary N) is 1. The molecule has 1 N–H and O–H groups in total. The van der Waals surface area contributed by atoms with Crippen LogP contribution in [0.15, 0.2) is 60.1 Å². The van der Waals surface area contributed by atoms with E-state index in [1.54, 1.807) is 46.7 Å².